The van der Waals surface area contributed by atoms with Gasteiger partial charge in [-0.1, -0.05) is 20.3 Å². The van der Waals surface area contributed by atoms with E-state index < -0.39 is 0 Å². The van der Waals surface area contributed by atoms with Gasteiger partial charge in [0.1, 0.15) is 5.54 Å². The van der Waals surface area contributed by atoms with E-state index in [1.807, 2.05) is 0 Å². The molecule has 2 unspecified atom stereocenters. The van der Waals surface area contributed by atoms with Crippen molar-refractivity contribution in [2.75, 3.05) is 26.7 Å². The van der Waals surface area contributed by atoms with E-state index in [9.17, 15) is 5.26 Å². The summed E-state index contributed by atoms with van der Waals surface area (Å²) in [6.07, 6.45) is 5.79. The molecule has 0 amide bonds. The molecule has 3 heteroatoms. The number of rotatable bonds is 7. The fraction of sp³-hybridized carbons (Fsp3) is 0.929. The Morgan fingerprint density at radius 1 is 1.41 bits per heavy atom. The minimum absolute atomic E-state index is 0.234. The maximum atomic E-state index is 9.46. The maximum absolute atomic E-state index is 9.46. The summed E-state index contributed by atoms with van der Waals surface area (Å²) in [7, 11) is 2.18. The molecule has 0 aromatic rings. The summed E-state index contributed by atoms with van der Waals surface area (Å²) in [4.78, 5) is 2.38. The third-order valence-corrected chi connectivity index (χ3v) is 3.98. The molecule has 0 aromatic carbocycles. The van der Waals surface area contributed by atoms with Gasteiger partial charge in [-0.2, -0.15) is 5.26 Å². The van der Waals surface area contributed by atoms with Crippen LogP contribution in [0.4, 0.5) is 0 Å². The van der Waals surface area contributed by atoms with Crippen molar-refractivity contribution in [3.8, 4) is 6.07 Å². The molecule has 0 saturated heterocycles. The predicted molar refractivity (Wildman–Crippen MR) is 71.8 cm³/mol. The lowest BCUT2D eigenvalue weighted by Crippen LogP contribution is -2.47. The van der Waals surface area contributed by atoms with Crippen LogP contribution in [0.1, 0.15) is 46.0 Å². The van der Waals surface area contributed by atoms with Crippen LogP contribution in [-0.2, 0) is 0 Å². The van der Waals surface area contributed by atoms with Gasteiger partial charge in [0.25, 0.3) is 0 Å². The SMILES string of the molecule is CCCN(C)CCC1CCCC1(C#N)NCC. The van der Waals surface area contributed by atoms with Gasteiger partial charge in [0.15, 0.2) is 0 Å². The summed E-state index contributed by atoms with van der Waals surface area (Å²) < 4.78 is 0. The van der Waals surface area contributed by atoms with Gasteiger partial charge in [-0.3, -0.25) is 5.32 Å². The second kappa shape index (κ2) is 6.98. The number of hydrogen-bond acceptors (Lipinski definition) is 3. The number of nitriles is 1. The van der Waals surface area contributed by atoms with E-state index in [1.165, 1.54) is 19.3 Å². The minimum atomic E-state index is -0.234. The van der Waals surface area contributed by atoms with E-state index in [0.717, 1.165) is 32.5 Å². The summed E-state index contributed by atoms with van der Waals surface area (Å²) in [5.41, 5.74) is -0.234. The Morgan fingerprint density at radius 3 is 2.76 bits per heavy atom. The van der Waals surface area contributed by atoms with E-state index in [1.54, 1.807) is 0 Å². The van der Waals surface area contributed by atoms with Crippen LogP contribution in [0.5, 0.6) is 0 Å². The fourth-order valence-corrected chi connectivity index (χ4v) is 3.07. The Bertz CT molecular complexity index is 259. The second-order valence-corrected chi connectivity index (χ2v) is 5.29. The molecule has 1 N–H and O–H groups in total. The molecule has 17 heavy (non-hydrogen) atoms. The van der Waals surface area contributed by atoms with Crippen LogP contribution in [0.3, 0.4) is 0 Å². The average molecular weight is 237 g/mol. The molecule has 0 aromatic heterocycles. The van der Waals surface area contributed by atoms with Crippen LogP contribution >= 0.6 is 0 Å². The first kappa shape index (κ1) is 14.5. The highest BCUT2D eigenvalue weighted by Crippen LogP contribution is 2.37. The van der Waals surface area contributed by atoms with Gasteiger partial charge in [0, 0.05) is 0 Å². The Labute approximate surface area is 106 Å². The van der Waals surface area contributed by atoms with Gasteiger partial charge < -0.3 is 4.90 Å². The Kier molecular flexibility index (Phi) is 5.94. The van der Waals surface area contributed by atoms with E-state index >= 15 is 0 Å². The topological polar surface area (TPSA) is 39.1 Å². The summed E-state index contributed by atoms with van der Waals surface area (Å²) in [6.45, 7) is 7.48. The van der Waals surface area contributed by atoms with Gasteiger partial charge >= 0.3 is 0 Å². The van der Waals surface area contributed by atoms with E-state index in [-0.39, 0.29) is 5.54 Å². The highest BCUT2D eigenvalue weighted by Gasteiger charge is 2.42. The minimum Gasteiger partial charge on any atom is -0.306 e. The monoisotopic (exact) mass is 237 g/mol. The Hall–Kier alpha value is -0.590. The van der Waals surface area contributed by atoms with Gasteiger partial charge in [-0.05, 0) is 58.3 Å². The smallest absolute Gasteiger partial charge is 0.109 e. The van der Waals surface area contributed by atoms with Crippen LogP contribution in [-0.4, -0.2) is 37.1 Å². The number of hydrogen-bond donors (Lipinski definition) is 1. The Morgan fingerprint density at radius 2 is 2.18 bits per heavy atom. The lowest BCUT2D eigenvalue weighted by atomic mass is 9.85. The highest BCUT2D eigenvalue weighted by atomic mass is 15.1. The molecule has 2 atom stereocenters. The van der Waals surface area contributed by atoms with E-state index in [0.29, 0.717) is 5.92 Å². The summed E-state index contributed by atoms with van der Waals surface area (Å²) >= 11 is 0. The van der Waals surface area contributed by atoms with Crippen LogP contribution in [0.2, 0.25) is 0 Å². The first-order valence-electron chi connectivity index (χ1n) is 7.03. The summed E-state index contributed by atoms with van der Waals surface area (Å²) in [5, 5.41) is 12.9. The first-order chi connectivity index (χ1) is 8.18. The van der Waals surface area contributed by atoms with Crippen molar-refractivity contribution in [2.24, 2.45) is 5.92 Å². The third kappa shape index (κ3) is 3.69. The molecule has 1 rings (SSSR count). The lowest BCUT2D eigenvalue weighted by molar-refractivity contribution is 0.252. The summed E-state index contributed by atoms with van der Waals surface area (Å²) in [5.74, 6) is 0.534. The van der Waals surface area contributed by atoms with Crippen molar-refractivity contribution < 1.29 is 0 Å². The zero-order chi connectivity index (χ0) is 12.7. The first-order valence-corrected chi connectivity index (χ1v) is 7.03. The molecule has 1 fully saturated rings. The van der Waals surface area contributed by atoms with Crippen molar-refractivity contribution in [3.63, 3.8) is 0 Å². The molecule has 0 heterocycles. The second-order valence-electron chi connectivity index (χ2n) is 5.29. The molecular weight excluding hydrogens is 210 g/mol. The third-order valence-electron chi connectivity index (χ3n) is 3.98. The summed E-state index contributed by atoms with van der Waals surface area (Å²) in [6, 6.07) is 2.55. The van der Waals surface area contributed by atoms with Crippen molar-refractivity contribution in [2.45, 2.75) is 51.5 Å². The molecular formula is C14H27N3. The van der Waals surface area contributed by atoms with Gasteiger partial charge in [0.05, 0.1) is 6.07 Å². The molecule has 1 aliphatic rings. The predicted octanol–water partition coefficient (Wildman–Crippen LogP) is 2.39. The van der Waals surface area contributed by atoms with Crippen LogP contribution < -0.4 is 5.32 Å². The van der Waals surface area contributed by atoms with E-state index in [4.69, 9.17) is 0 Å². The largest absolute Gasteiger partial charge is 0.306 e. The van der Waals surface area contributed by atoms with Gasteiger partial charge in [0.2, 0.25) is 0 Å². The molecule has 1 saturated carbocycles. The maximum Gasteiger partial charge on any atom is 0.109 e. The molecule has 0 radical (unpaired) electrons. The van der Waals surface area contributed by atoms with Crippen LogP contribution in [0.15, 0.2) is 0 Å². The molecule has 0 bridgehead atoms. The normalized spacial score (nSPS) is 28.5. The quantitative estimate of drug-likeness (QED) is 0.739. The zero-order valence-electron chi connectivity index (χ0n) is 11.6. The molecule has 0 aliphatic heterocycles. The lowest BCUT2D eigenvalue weighted by Gasteiger charge is -2.30. The van der Waals surface area contributed by atoms with E-state index in [2.05, 4.69) is 37.2 Å². The molecule has 98 valence electrons. The highest BCUT2D eigenvalue weighted by molar-refractivity contribution is 5.13. The van der Waals surface area contributed by atoms with Gasteiger partial charge in [-0.15, -0.1) is 0 Å². The van der Waals surface area contributed by atoms with Crippen molar-refractivity contribution >= 4 is 0 Å². The van der Waals surface area contributed by atoms with Crippen molar-refractivity contribution in [1.29, 1.82) is 5.26 Å². The van der Waals surface area contributed by atoms with Crippen molar-refractivity contribution in [1.82, 2.24) is 10.2 Å². The zero-order valence-corrected chi connectivity index (χ0v) is 11.6. The molecule has 1 aliphatic carbocycles. The fourth-order valence-electron chi connectivity index (χ4n) is 3.07. The average Bonchev–Trinajstić information content (AvgIpc) is 2.71. The van der Waals surface area contributed by atoms with Crippen LogP contribution in [0.25, 0.3) is 0 Å². The number of nitrogens with one attached hydrogen (secondary N) is 1. The molecule has 3 nitrogen and oxygen atoms in total. The number of nitrogens with zero attached hydrogens (tertiary/aromatic N) is 2. The molecule has 0 spiro atoms. The van der Waals surface area contributed by atoms with Crippen LogP contribution in [0, 0.1) is 17.2 Å². The van der Waals surface area contributed by atoms with Crippen molar-refractivity contribution in [3.05, 3.63) is 0 Å². The Balaban J connectivity index is 2.48. The van der Waals surface area contributed by atoms with Gasteiger partial charge in [-0.25, -0.2) is 0 Å². The standard InChI is InChI=1S/C14H27N3/c1-4-10-17(3)11-8-13-7-6-9-14(13,12-15)16-5-2/h13,16H,4-11H2,1-3H3.